The minimum Gasteiger partial charge on any atom is -0.508 e. The van der Waals surface area contributed by atoms with Gasteiger partial charge in [0, 0.05) is 11.8 Å². The molecule has 0 aromatic heterocycles. The van der Waals surface area contributed by atoms with Crippen molar-refractivity contribution < 1.29 is 5.11 Å². The molecule has 0 heterocycles. The van der Waals surface area contributed by atoms with Gasteiger partial charge in [0.15, 0.2) is 0 Å². The highest BCUT2D eigenvalue weighted by Crippen LogP contribution is 2.41. The van der Waals surface area contributed by atoms with E-state index >= 15 is 0 Å². The predicted molar refractivity (Wildman–Crippen MR) is 101 cm³/mol. The Hall–Kier alpha value is -2.25. The van der Waals surface area contributed by atoms with Crippen molar-refractivity contribution in [2.24, 2.45) is 0 Å². The van der Waals surface area contributed by atoms with Gasteiger partial charge in [-0.15, -0.1) is 11.6 Å². The standard InChI is InChI=1S/C22H21ClO/c23-16-15-21(17-7-3-1-4-8-17)22(18-9-5-2-6-10-18)19-11-13-20(24)14-12-19/h1-14,21-22,24H,15-16H2. The molecule has 3 aromatic carbocycles. The maximum Gasteiger partial charge on any atom is 0.115 e. The van der Waals surface area contributed by atoms with Crippen LogP contribution in [0.2, 0.25) is 0 Å². The number of hydrogen-bond donors (Lipinski definition) is 1. The van der Waals surface area contributed by atoms with Gasteiger partial charge in [-0.2, -0.15) is 0 Å². The van der Waals surface area contributed by atoms with Crippen molar-refractivity contribution in [3.63, 3.8) is 0 Å². The van der Waals surface area contributed by atoms with Crippen molar-refractivity contribution in [2.45, 2.75) is 18.3 Å². The summed E-state index contributed by atoms with van der Waals surface area (Å²) in [4.78, 5) is 0. The van der Waals surface area contributed by atoms with Gasteiger partial charge in [0.25, 0.3) is 0 Å². The average molecular weight is 337 g/mol. The molecule has 0 amide bonds. The molecule has 0 saturated carbocycles. The van der Waals surface area contributed by atoms with E-state index in [-0.39, 0.29) is 11.8 Å². The van der Waals surface area contributed by atoms with Crippen LogP contribution in [0.4, 0.5) is 0 Å². The highest BCUT2D eigenvalue weighted by molar-refractivity contribution is 6.17. The molecule has 0 fully saturated rings. The second-order valence-corrected chi connectivity index (χ2v) is 6.35. The van der Waals surface area contributed by atoms with Crippen molar-refractivity contribution >= 4 is 11.6 Å². The van der Waals surface area contributed by atoms with Crippen molar-refractivity contribution in [2.75, 3.05) is 5.88 Å². The van der Waals surface area contributed by atoms with Crippen LogP contribution in [0.15, 0.2) is 84.9 Å². The Morgan fingerprint density at radius 2 is 1.17 bits per heavy atom. The van der Waals surface area contributed by atoms with Gasteiger partial charge in [-0.1, -0.05) is 72.8 Å². The average Bonchev–Trinajstić information content (AvgIpc) is 2.64. The van der Waals surface area contributed by atoms with Crippen LogP contribution in [0.25, 0.3) is 0 Å². The molecule has 2 atom stereocenters. The summed E-state index contributed by atoms with van der Waals surface area (Å²) in [7, 11) is 0. The molecule has 0 aliphatic carbocycles. The van der Waals surface area contributed by atoms with Crippen LogP contribution in [0.1, 0.15) is 34.9 Å². The lowest BCUT2D eigenvalue weighted by atomic mass is 9.76. The second-order valence-electron chi connectivity index (χ2n) is 5.97. The highest BCUT2D eigenvalue weighted by Gasteiger charge is 2.26. The highest BCUT2D eigenvalue weighted by atomic mass is 35.5. The van der Waals surface area contributed by atoms with E-state index in [9.17, 15) is 5.11 Å². The number of benzene rings is 3. The van der Waals surface area contributed by atoms with E-state index in [4.69, 9.17) is 11.6 Å². The first-order valence-corrected chi connectivity index (χ1v) is 8.78. The summed E-state index contributed by atoms with van der Waals surface area (Å²) in [5, 5.41) is 9.65. The van der Waals surface area contributed by atoms with Crippen LogP contribution in [0, 0.1) is 0 Å². The Morgan fingerprint density at radius 3 is 1.71 bits per heavy atom. The van der Waals surface area contributed by atoms with Crippen molar-refractivity contribution in [3.05, 3.63) is 102 Å². The maximum absolute atomic E-state index is 9.65. The molecule has 3 aromatic rings. The Morgan fingerprint density at radius 1 is 0.667 bits per heavy atom. The molecule has 24 heavy (non-hydrogen) atoms. The molecule has 3 rings (SSSR count). The van der Waals surface area contributed by atoms with Gasteiger partial charge < -0.3 is 5.11 Å². The van der Waals surface area contributed by atoms with Crippen LogP contribution in [0.5, 0.6) is 5.75 Å². The molecule has 1 nitrogen and oxygen atoms in total. The molecule has 0 bridgehead atoms. The molecular formula is C22H21ClO. The molecule has 1 N–H and O–H groups in total. The van der Waals surface area contributed by atoms with E-state index in [1.807, 2.05) is 24.3 Å². The van der Waals surface area contributed by atoms with E-state index < -0.39 is 0 Å². The molecule has 0 saturated heterocycles. The van der Waals surface area contributed by atoms with Gasteiger partial charge in [-0.05, 0) is 41.2 Å². The normalized spacial score (nSPS) is 13.4. The van der Waals surface area contributed by atoms with Crippen LogP contribution in [-0.4, -0.2) is 11.0 Å². The third kappa shape index (κ3) is 3.80. The molecule has 0 aliphatic heterocycles. The lowest BCUT2D eigenvalue weighted by molar-refractivity contribution is 0.474. The van der Waals surface area contributed by atoms with Gasteiger partial charge in [-0.25, -0.2) is 0 Å². The topological polar surface area (TPSA) is 20.2 Å². The predicted octanol–water partition coefficient (Wildman–Crippen LogP) is 5.94. The van der Waals surface area contributed by atoms with E-state index in [1.54, 1.807) is 12.1 Å². The van der Waals surface area contributed by atoms with Gasteiger partial charge in [0.1, 0.15) is 5.75 Å². The zero-order chi connectivity index (χ0) is 16.8. The quantitative estimate of drug-likeness (QED) is 0.552. The van der Waals surface area contributed by atoms with Crippen LogP contribution >= 0.6 is 11.6 Å². The third-order valence-corrected chi connectivity index (χ3v) is 4.68. The third-order valence-electron chi connectivity index (χ3n) is 4.46. The monoisotopic (exact) mass is 336 g/mol. The number of alkyl halides is 1. The molecule has 0 aliphatic rings. The SMILES string of the molecule is Oc1ccc(C(c2ccccc2)C(CCCl)c2ccccc2)cc1. The molecule has 0 radical (unpaired) electrons. The lowest BCUT2D eigenvalue weighted by Gasteiger charge is -2.28. The number of halogens is 1. The van der Waals surface area contributed by atoms with Crippen molar-refractivity contribution in [3.8, 4) is 5.75 Å². The molecule has 122 valence electrons. The largest absolute Gasteiger partial charge is 0.508 e. The summed E-state index contributed by atoms with van der Waals surface area (Å²) in [6, 6.07) is 28.6. The number of hydrogen-bond acceptors (Lipinski definition) is 1. The minimum atomic E-state index is 0.202. The summed E-state index contributed by atoms with van der Waals surface area (Å²) in [5.74, 6) is 1.39. The Balaban J connectivity index is 2.09. The summed E-state index contributed by atoms with van der Waals surface area (Å²) in [6.07, 6.45) is 0.895. The first-order chi connectivity index (χ1) is 11.8. The summed E-state index contributed by atoms with van der Waals surface area (Å²) in [6.45, 7) is 0. The fourth-order valence-corrected chi connectivity index (χ4v) is 3.58. The number of rotatable bonds is 6. The molecule has 0 spiro atoms. The lowest BCUT2D eigenvalue weighted by Crippen LogP contribution is -2.14. The Kier molecular flexibility index (Phi) is 5.55. The number of aromatic hydroxyl groups is 1. The van der Waals surface area contributed by atoms with E-state index in [2.05, 4.69) is 48.5 Å². The van der Waals surface area contributed by atoms with Gasteiger partial charge in [-0.3, -0.25) is 0 Å². The molecule has 2 heteroatoms. The van der Waals surface area contributed by atoms with Crippen molar-refractivity contribution in [1.29, 1.82) is 0 Å². The van der Waals surface area contributed by atoms with Crippen LogP contribution < -0.4 is 0 Å². The number of phenolic OH excluding ortho intramolecular Hbond substituents is 1. The van der Waals surface area contributed by atoms with Crippen LogP contribution in [0.3, 0.4) is 0 Å². The molecule has 2 unspecified atom stereocenters. The van der Waals surface area contributed by atoms with E-state index in [0.717, 1.165) is 6.42 Å². The zero-order valence-electron chi connectivity index (χ0n) is 13.5. The first kappa shape index (κ1) is 16.6. The first-order valence-electron chi connectivity index (χ1n) is 8.24. The Labute approximate surface area is 148 Å². The fourth-order valence-electron chi connectivity index (χ4n) is 3.34. The van der Waals surface area contributed by atoms with Gasteiger partial charge in [0.2, 0.25) is 0 Å². The Bertz CT molecular complexity index is 738. The minimum absolute atomic E-state index is 0.202. The van der Waals surface area contributed by atoms with Gasteiger partial charge >= 0.3 is 0 Å². The van der Waals surface area contributed by atoms with Crippen molar-refractivity contribution in [1.82, 2.24) is 0 Å². The van der Waals surface area contributed by atoms with Crippen LogP contribution in [-0.2, 0) is 0 Å². The zero-order valence-corrected chi connectivity index (χ0v) is 14.2. The second kappa shape index (κ2) is 8.03. The summed E-state index contributed by atoms with van der Waals surface area (Å²) in [5.41, 5.74) is 3.75. The summed E-state index contributed by atoms with van der Waals surface area (Å²) < 4.78 is 0. The summed E-state index contributed by atoms with van der Waals surface area (Å²) >= 11 is 6.15. The maximum atomic E-state index is 9.65. The molecular weight excluding hydrogens is 316 g/mol. The van der Waals surface area contributed by atoms with E-state index in [1.165, 1.54) is 16.7 Å². The fraction of sp³-hybridized carbons (Fsp3) is 0.182. The van der Waals surface area contributed by atoms with E-state index in [0.29, 0.717) is 11.6 Å². The van der Waals surface area contributed by atoms with Gasteiger partial charge in [0.05, 0.1) is 0 Å². The number of phenols is 1. The smallest absolute Gasteiger partial charge is 0.115 e.